The number of para-hydroxylation sites is 1. The molecule has 0 aliphatic carbocycles. The summed E-state index contributed by atoms with van der Waals surface area (Å²) < 4.78 is 6.00. The first-order valence-electron chi connectivity index (χ1n) is 7.71. The van der Waals surface area contributed by atoms with E-state index in [0.29, 0.717) is 5.92 Å². The smallest absolute Gasteiger partial charge is 0.122 e. The van der Waals surface area contributed by atoms with E-state index in [4.69, 9.17) is 4.74 Å². The highest BCUT2D eigenvalue weighted by Gasteiger charge is 2.10. The predicted molar refractivity (Wildman–Crippen MR) is 80.9 cm³/mol. The molecule has 1 saturated heterocycles. The number of rotatable bonds is 5. The zero-order chi connectivity index (χ0) is 13.5. The van der Waals surface area contributed by atoms with Crippen LogP contribution in [-0.2, 0) is 0 Å². The van der Waals surface area contributed by atoms with Crippen LogP contribution in [0.25, 0.3) is 0 Å². The molecule has 1 heterocycles. The first kappa shape index (κ1) is 14.4. The van der Waals surface area contributed by atoms with Gasteiger partial charge in [-0.3, -0.25) is 4.90 Å². The minimum atomic E-state index is 0.523. The van der Waals surface area contributed by atoms with Crippen molar-refractivity contribution >= 4 is 0 Å². The fourth-order valence-corrected chi connectivity index (χ4v) is 2.73. The number of likely N-dealkylation sites (tertiary alicyclic amines) is 1. The molecule has 2 nitrogen and oxygen atoms in total. The van der Waals surface area contributed by atoms with Crippen LogP contribution < -0.4 is 4.74 Å². The van der Waals surface area contributed by atoms with E-state index >= 15 is 0 Å². The summed E-state index contributed by atoms with van der Waals surface area (Å²) in [5.41, 5.74) is 1.32. The minimum absolute atomic E-state index is 0.523. The molecule has 0 atom stereocenters. The standard InChI is InChI=1S/C17H27NO/c1-15(2)16-9-5-6-10-17(16)19-14-13-18-11-7-3-4-8-12-18/h5-6,9-10,15H,3-4,7-8,11-14H2,1-2H3. The van der Waals surface area contributed by atoms with Crippen molar-refractivity contribution in [2.45, 2.75) is 45.4 Å². The summed E-state index contributed by atoms with van der Waals surface area (Å²) in [6, 6.07) is 8.42. The van der Waals surface area contributed by atoms with Crippen molar-refractivity contribution in [2.75, 3.05) is 26.2 Å². The summed E-state index contributed by atoms with van der Waals surface area (Å²) in [4.78, 5) is 2.55. The first-order chi connectivity index (χ1) is 9.27. The van der Waals surface area contributed by atoms with Gasteiger partial charge in [0.25, 0.3) is 0 Å². The van der Waals surface area contributed by atoms with Crippen LogP contribution in [0.1, 0.15) is 51.0 Å². The quantitative estimate of drug-likeness (QED) is 0.792. The molecule has 0 unspecified atom stereocenters. The van der Waals surface area contributed by atoms with Crippen molar-refractivity contribution < 1.29 is 4.74 Å². The van der Waals surface area contributed by atoms with E-state index in [2.05, 4.69) is 43.0 Å². The maximum absolute atomic E-state index is 6.00. The van der Waals surface area contributed by atoms with Crippen LogP contribution in [0, 0.1) is 0 Å². The van der Waals surface area contributed by atoms with Gasteiger partial charge >= 0.3 is 0 Å². The fourth-order valence-electron chi connectivity index (χ4n) is 2.73. The number of benzene rings is 1. The van der Waals surface area contributed by atoms with E-state index in [0.717, 1.165) is 18.9 Å². The Morgan fingerprint density at radius 2 is 1.74 bits per heavy atom. The number of hydrogen-bond acceptors (Lipinski definition) is 2. The lowest BCUT2D eigenvalue weighted by atomic mass is 10.0. The molecular weight excluding hydrogens is 234 g/mol. The van der Waals surface area contributed by atoms with Crippen molar-refractivity contribution in [1.82, 2.24) is 4.90 Å². The largest absolute Gasteiger partial charge is 0.492 e. The van der Waals surface area contributed by atoms with Gasteiger partial charge in [0.05, 0.1) is 0 Å². The van der Waals surface area contributed by atoms with Gasteiger partial charge in [-0.25, -0.2) is 0 Å². The maximum atomic E-state index is 6.00. The van der Waals surface area contributed by atoms with Gasteiger partial charge in [-0.05, 0) is 43.5 Å². The Morgan fingerprint density at radius 3 is 2.42 bits per heavy atom. The second kappa shape index (κ2) is 7.54. The summed E-state index contributed by atoms with van der Waals surface area (Å²) in [6.07, 6.45) is 5.49. The molecule has 1 aromatic carbocycles. The molecule has 2 heteroatoms. The molecule has 0 spiro atoms. The van der Waals surface area contributed by atoms with Crippen molar-refractivity contribution in [3.63, 3.8) is 0 Å². The highest BCUT2D eigenvalue weighted by molar-refractivity contribution is 5.35. The Hall–Kier alpha value is -1.02. The topological polar surface area (TPSA) is 12.5 Å². The third-order valence-corrected chi connectivity index (χ3v) is 3.90. The molecule has 0 amide bonds. The average Bonchev–Trinajstić information content (AvgIpc) is 2.68. The monoisotopic (exact) mass is 261 g/mol. The van der Waals surface area contributed by atoms with E-state index in [9.17, 15) is 0 Å². The van der Waals surface area contributed by atoms with Crippen molar-refractivity contribution in [2.24, 2.45) is 0 Å². The van der Waals surface area contributed by atoms with Crippen LogP contribution in [0.4, 0.5) is 0 Å². The summed E-state index contributed by atoms with van der Waals surface area (Å²) in [5.74, 6) is 1.58. The van der Waals surface area contributed by atoms with Crippen LogP contribution in [0.15, 0.2) is 24.3 Å². The molecule has 0 radical (unpaired) electrons. The summed E-state index contributed by atoms with van der Waals surface area (Å²) in [6.45, 7) is 8.80. The first-order valence-corrected chi connectivity index (χ1v) is 7.71. The van der Waals surface area contributed by atoms with E-state index < -0.39 is 0 Å². The highest BCUT2D eigenvalue weighted by atomic mass is 16.5. The molecule has 2 rings (SSSR count). The molecule has 1 aliphatic heterocycles. The number of nitrogens with zero attached hydrogens (tertiary/aromatic N) is 1. The maximum Gasteiger partial charge on any atom is 0.122 e. The summed E-state index contributed by atoms with van der Waals surface area (Å²) in [5, 5.41) is 0. The van der Waals surface area contributed by atoms with Crippen molar-refractivity contribution in [1.29, 1.82) is 0 Å². The molecular formula is C17H27NO. The van der Waals surface area contributed by atoms with E-state index in [1.807, 2.05) is 0 Å². The van der Waals surface area contributed by atoms with Gasteiger partial charge in [-0.1, -0.05) is 44.9 Å². The third kappa shape index (κ3) is 4.54. The van der Waals surface area contributed by atoms with Gasteiger partial charge in [-0.2, -0.15) is 0 Å². The van der Waals surface area contributed by atoms with Crippen molar-refractivity contribution in [3.05, 3.63) is 29.8 Å². The van der Waals surface area contributed by atoms with Gasteiger partial charge in [0, 0.05) is 6.54 Å². The zero-order valence-electron chi connectivity index (χ0n) is 12.4. The number of ether oxygens (including phenoxy) is 1. The molecule has 0 saturated carbocycles. The van der Waals surface area contributed by atoms with E-state index in [-0.39, 0.29) is 0 Å². The van der Waals surface area contributed by atoms with Gasteiger partial charge in [0.15, 0.2) is 0 Å². The van der Waals surface area contributed by atoms with Gasteiger partial charge in [0.2, 0.25) is 0 Å². The third-order valence-electron chi connectivity index (χ3n) is 3.90. The molecule has 0 N–H and O–H groups in total. The molecule has 1 fully saturated rings. The van der Waals surface area contributed by atoms with Crippen LogP contribution in [0.2, 0.25) is 0 Å². The molecule has 1 aliphatic rings. The lowest BCUT2D eigenvalue weighted by Crippen LogP contribution is -2.29. The lowest BCUT2D eigenvalue weighted by molar-refractivity contribution is 0.212. The fraction of sp³-hybridized carbons (Fsp3) is 0.647. The highest BCUT2D eigenvalue weighted by Crippen LogP contribution is 2.25. The molecule has 0 bridgehead atoms. The minimum Gasteiger partial charge on any atom is -0.492 e. The van der Waals surface area contributed by atoms with Crippen LogP contribution >= 0.6 is 0 Å². The molecule has 19 heavy (non-hydrogen) atoms. The van der Waals surface area contributed by atoms with Crippen LogP contribution in [-0.4, -0.2) is 31.1 Å². The second-order valence-corrected chi connectivity index (χ2v) is 5.80. The van der Waals surface area contributed by atoms with Crippen LogP contribution in [0.5, 0.6) is 5.75 Å². The Morgan fingerprint density at radius 1 is 1.05 bits per heavy atom. The van der Waals surface area contributed by atoms with Crippen molar-refractivity contribution in [3.8, 4) is 5.75 Å². The Balaban J connectivity index is 1.81. The molecule has 106 valence electrons. The Bertz CT molecular complexity index is 367. The zero-order valence-corrected chi connectivity index (χ0v) is 12.4. The molecule has 1 aromatic rings. The van der Waals surface area contributed by atoms with Gasteiger partial charge < -0.3 is 4.74 Å². The Labute approximate surface area is 117 Å². The molecule has 0 aromatic heterocycles. The van der Waals surface area contributed by atoms with E-state index in [1.165, 1.54) is 44.3 Å². The van der Waals surface area contributed by atoms with Gasteiger partial charge in [0.1, 0.15) is 12.4 Å². The van der Waals surface area contributed by atoms with E-state index in [1.54, 1.807) is 0 Å². The summed E-state index contributed by atoms with van der Waals surface area (Å²) >= 11 is 0. The predicted octanol–water partition coefficient (Wildman–Crippen LogP) is 4.06. The van der Waals surface area contributed by atoms with Crippen LogP contribution in [0.3, 0.4) is 0 Å². The summed E-state index contributed by atoms with van der Waals surface area (Å²) in [7, 11) is 0. The van der Waals surface area contributed by atoms with Gasteiger partial charge in [-0.15, -0.1) is 0 Å². The normalized spacial score (nSPS) is 17.4. The number of hydrogen-bond donors (Lipinski definition) is 0. The Kier molecular flexibility index (Phi) is 5.71. The second-order valence-electron chi connectivity index (χ2n) is 5.80. The SMILES string of the molecule is CC(C)c1ccccc1OCCN1CCCCCC1. The lowest BCUT2D eigenvalue weighted by Gasteiger charge is -2.20. The average molecular weight is 261 g/mol.